The van der Waals surface area contributed by atoms with Gasteiger partial charge in [0, 0.05) is 0 Å². The van der Waals surface area contributed by atoms with E-state index in [1.807, 2.05) is 0 Å². The Balaban J connectivity index is 4.06. The van der Waals surface area contributed by atoms with Gasteiger partial charge in [-0.3, -0.25) is 0 Å². The first kappa shape index (κ1) is 23.4. The second kappa shape index (κ2) is 11.9. The van der Waals surface area contributed by atoms with E-state index in [4.69, 9.17) is 4.43 Å². The van der Waals surface area contributed by atoms with Gasteiger partial charge in [0.2, 0.25) is 0 Å². The Kier molecular flexibility index (Phi) is 11.6. The molecule has 0 N–H and O–H groups in total. The molecule has 140 valence electrons. The molecule has 0 aromatic rings. The fourth-order valence-electron chi connectivity index (χ4n) is 2.11. The molecule has 0 fully saturated rings. The zero-order valence-corrected chi connectivity index (χ0v) is 18.5. The van der Waals surface area contributed by atoms with Gasteiger partial charge < -0.3 is 4.43 Å². The van der Waals surface area contributed by atoms with E-state index in [9.17, 15) is 0 Å². The molecule has 0 radical (unpaired) electrons. The Hall–Kier alpha value is -0.603. The molecule has 0 saturated heterocycles. The highest BCUT2D eigenvalue weighted by molar-refractivity contribution is 6.74. The van der Waals surface area contributed by atoms with Crippen molar-refractivity contribution in [1.29, 1.82) is 0 Å². The van der Waals surface area contributed by atoms with Crippen LogP contribution in [0.4, 0.5) is 0 Å². The van der Waals surface area contributed by atoms with Crippen LogP contribution in [0.5, 0.6) is 0 Å². The first-order valence-corrected chi connectivity index (χ1v) is 12.7. The molecule has 0 unspecified atom stereocenters. The molecule has 0 amide bonds. The maximum absolute atomic E-state index is 6.21. The number of unbranched alkanes of at least 4 members (excludes halogenated alkanes) is 5. The molecule has 2 heteroatoms. The molecule has 0 spiro atoms. The van der Waals surface area contributed by atoms with Crippen LogP contribution in [0.3, 0.4) is 0 Å². The maximum atomic E-state index is 6.21. The van der Waals surface area contributed by atoms with E-state index in [1.165, 1.54) is 49.7 Å². The Bertz CT molecular complexity index is 410. The first-order chi connectivity index (χ1) is 11.1. The van der Waals surface area contributed by atoms with E-state index in [2.05, 4.69) is 72.5 Å². The molecule has 0 saturated carbocycles. The van der Waals surface area contributed by atoms with E-state index in [0.29, 0.717) is 6.61 Å². The third-order valence-electron chi connectivity index (χ3n) is 5.20. The smallest absolute Gasteiger partial charge is 0.192 e. The van der Waals surface area contributed by atoms with E-state index < -0.39 is 8.32 Å². The second-order valence-corrected chi connectivity index (χ2v) is 13.2. The van der Waals surface area contributed by atoms with Gasteiger partial charge in [0.25, 0.3) is 0 Å². The van der Waals surface area contributed by atoms with Crippen LogP contribution < -0.4 is 0 Å². The predicted molar refractivity (Wildman–Crippen MR) is 113 cm³/mol. The summed E-state index contributed by atoms with van der Waals surface area (Å²) in [5.41, 5.74) is 2.47. The lowest BCUT2D eigenvalue weighted by molar-refractivity contribution is 0.327. The normalized spacial score (nSPS) is 13.7. The molecule has 0 aromatic carbocycles. The van der Waals surface area contributed by atoms with Gasteiger partial charge in [-0.1, -0.05) is 78.2 Å². The van der Waals surface area contributed by atoms with Crippen molar-refractivity contribution in [2.45, 2.75) is 97.7 Å². The summed E-state index contributed by atoms with van der Waals surface area (Å²) in [7, 11) is -1.64. The summed E-state index contributed by atoms with van der Waals surface area (Å²) in [5, 5.41) is 0.269. The Morgan fingerprint density at radius 2 is 1.67 bits per heavy atom. The van der Waals surface area contributed by atoms with Gasteiger partial charge in [0.05, 0.1) is 6.61 Å². The third-order valence-corrected chi connectivity index (χ3v) is 9.70. The molecule has 0 aliphatic heterocycles. The molecule has 0 aliphatic carbocycles. The molecule has 0 aliphatic rings. The standard InChI is InChI=1S/C22H42OSi/c1-9-10-11-12-13-14-15-16-17-20(2)21(3)18-19-23-24(7,8)22(4,5)6/h15-16,18H,2,9-14,17,19H2,1,3-8H3/b16-15+,21-18-. The minimum atomic E-state index is -1.64. The molecule has 1 nitrogen and oxygen atoms in total. The molecule has 24 heavy (non-hydrogen) atoms. The van der Waals surface area contributed by atoms with Crippen molar-refractivity contribution in [3.63, 3.8) is 0 Å². The Morgan fingerprint density at radius 3 is 2.25 bits per heavy atom. The monoisotopic (exact) mass is 350 g/mol. The second-order valence-electron chi connectivity index (χ2n) is 8.44. The maximum Gasteiger partial charge on any atom is 0.192 e. The number of hydrogen-bond donors (Lipinski definition) is 0. The minimum Gasteiger partial charge on any atom is -0.413 e. The SMILES string of the molecule is C=C(C/C=C/CCCCCCC)/C(C)=C\CO[Si](C)(C)C(C)(C)C. The van der Waals surface area contributed by atoms with Crippen molar-refractivity contribution < 1.29 is 4.43 Å². The van der Waals surface area contributed by atoms with E-state index >= 15 is 0 Å². The first-order valence-electron chi connectivity index (χ1n) is 9.75. The molecule has 0 rings (SSSR count). The van der Waals surface area contributed by atoms with Crippen molar-refractivity contribution in [3.05, 3.63) is 36.0 Å². The third kappa shape index (κ3) is 10.3. The number of rotatable bonds is 12. The van der Waals surface area contributed by atoms with E-state index in [-0.39, 0.29) is 5.04 Å². The largest absolute Gasteiger partial charge is 0.413 e. The van der Waals surface area contributed by atoms with E-state index in [0.717, 1.165) is 6.42 Å². The Morgan fingerprint density at radius 1 is 1.04 bits per heavy atom. The highest BCUT2D eigenvalue weighted by Crippen LogP contribution is 2.36. The zero-order valence-electron chi connectivity index (χ0n) is 17.5. The van der Waals surface area contributed by atoms with Crippen LogP contribution in [0, 0.1) is 0 Å². The lowest BCUT2D eigenvalue weighted by Gasteiger charge is -2.35. The lowest BCUT2D eigenvalue weighted by Crippen LogP contribution is -2.40. The highest BCUT2D eigenvalue weighted by Gasteiger charge is 2.36. The molecule has 0 heterocycles. The van der Waals surface area contributed by atoms with Crippen LogP contribution in [0.2, 0.25) is 18.1 Å². The van der Waals surface area contributed by atoms with Crippen molar-refractivity contribution in [2.24, 2.45) is 0 Å². The summed E-state index contributed by atoms with van der Waals surface area (Å²) in [6.07, 6.45) is 15.7. The van der Waals surface area contributed by atoms with Crippen LogP contribution in [0.15, 0.2) is 36.0 Å². The summed E-state index contributed by atoms with van der Waals surface area (Å²) < 4.78 is 6.21. The van der Waals surface area contributed by atoms with Gasteiger partial charge in [0.15, 0.2) is 8.32 Å². The zero-order chi connectivity index (χ0) is 18.6. The van der Waals surface area contributed by atoms with Gasteiger partial charge in [-0.2, -0.15) is 0 Å². The fraction of sp³-hybridized carbons (Fsp3) is 0.727. The number of allylic oxidation sites excluding steroid dienone is 4. The van der Waals surface area contributed by atoms with Crippen LogP contribution in [-0.4, -0.2) is 14.9 Å². The minimum absolute atomic E-state index is 0.269. The van der Waals surface area contributed by atoms with E-state index in [1.54, 1.807) is 0 Å². The summed E-state index contributed by atoms with van der Waals surface area (Å²) in [6.45, 7) is 20.8. The summed E-state index contributed by atoms with van der Waals surface area (Å²) in [5.74, 6) is 0. The summed E-state index contributed by atoms with van der Waals surface area (Å²) in [6, 6.07) is 0. The van der Waals surface area contributed by atoms with Crippen LogP contribution >= 0.6 is 0 Å². The van der Waals surface area contributed by atoms with Gasteiger partial charge in [0.1, 0.15) is 0 Å². The van der Waals surface area contributed by atoms with Gasteiger partial charge in [-0.05, 0) is 55.5 Å². The molecule has 0 atom stereocenters. The van der Waals surface area contributed by atoms with Crippen molar-refractivity contribution in [2.75, 3.05) is 6.61 Å². The fourth-order valence-corrected chi connectivity index (χ4v) is 3.04. The number of hydrogen-bond acceptors (Lipinski definition) is 1. The molecule has 0 aromatic heterocycles. The topological polar surface area (TPSA) is 9.23 Å². The van der Waals surface area contributed by atoms with Gasteiger partial charge in [-0.15, -0.1) is 0 Å². The van der Waals surface area contributed by atoms with Crippen molar-refractivity contribution in [3.8, 4) is 0 Å². The average Bonchev–Trinajstić information content (AvgIpc) is 2.48. The van der Waals surface area contributed by atoms with Crippen molar-refractivity contribution in [1.82, 2.24) is 0 Å². The summed E-state index contributed by atoms with van der Waals surface area (Å²) >= 11 is 0. The quantitative estimate of drug-likeness (QED) is 0.151. The predicted octanol–water partition coefficient (Wildman–Crippen LogP) is 7.82. The molecular weight excluding hydrogens is 308 g/mol. The lowest BCUT2D eigenvalue weighted by atomic mass is 10.1. The molecule has 0 bridgehead atoms. The average molecular weight is 351 g/mol. The summed E-state index contributed by atoms with van der Waals surface area (Å²) in [4.78, 5) is 0. The van der Waals surface area contributed by atoms with Gasteiger partial charge >= 0.3 is 0 Å². The van der Waals surface area contributed by atoms with Crippen molar-refractivity contribution >= 4 is 8.32 Å². The van der Waals surface area contributed by atoms with Crippen LogP contribution in [0.1, 0.15) is 79.6 Å². The molecular formula is C22H42OSi. The highest BCUT2D eigenvalue weighted by atomic mass is 28.4. The van der Waals surface area contributed by atoms with Crippen LogP contribution in [0.25, 0.3) is 0 Å². The Labute approximate surface area is 153 Å². The van der Waals surface area contributed by atoms with Crippen LogP contribution in [-0.2, 0) is 4.43 Å². The van der Waals surface area contributed by atoms with Gasteiger partial charge in [-0.25, -0.2) is 0 Å².